The van der Waals surface area contributed by atoms with Crippen molar-refractivity contribution in [3.05, 3.63) is 29.8 Å². The Labute approximate surface area is 107 Å². The molecule has 1 aromatic rings. The van der Waals surface area contributed by atoms with Crippen LogP contribution in [0.15, 0.2) is 24.3 Å². The number of aliphatic hydroxyl groups excluding tert-OH is 1. The van der Waals surface area contributed by atoms with Crippen LogP contribution in [-0.4, -0.2) is 29.8 Å². The summed E-state index contributed by atoms with van der Waals surface area (Å²) >= 11 is 1.98. The molecule has 2 unspecified atom stereocenters. The first-order valence-corrected chi connectivity index (χ1v) is 7.33. The molecule has 1 aliphatic rings. The van der Waals surface area contributed by atoms with Crippen molar-refractivity contribution in [1.29, 1.82) is 0 Å². The van der Waals surface area contributed by atoms with Gasteiger partial charge in [0.05, 0.1) is 6.61 Å². The largest absolute Gasteiger partial charge is 0.493 e. The topological polar surface area (TPSA) is 29.5 Å². The van der Waals surface area contributed by atoms with Crippen molar-refractivity contribution in [3.8, 4) is 5.75 Å². The molecule has 2 rings (SSSR count). The van der Waals surface area contributed by atoms with E-state index in [0.717, 1.165) is 5.75 Å². The summed E-state index contributed by atoms with van der Waals surface area (Å²) in [6.45, 7) is 2.93. The molecule has 94 valence electrons. The molecule has 0 spiro atoms. The molecular weight excluding hydrogens is 232 g/mol. The Bertz CT molecular complexity index is 331. The maximum Gasteiger partial charge on any atom is 0.119 e. The van der Waals surface area contributed by atoms with Gasteiger partial charge in [-0.15, -0.1) is 0 Å². The van der Waals surface area contributed by atoms with Crippen molar-refractivity contribution in [3.63, 3.8) is 0 Å². The summed E-state index contributed by atoms with van der Waals surface area (Å²) in [7, 11) is 0. The molecule has 1 N–H and O–H groups in total. The van der Waals surface area contributed by atoms with Crippen LogP contribution in [0, 0.1) is 18.8 Å². The van der Waals surface area contributed by atoms with Crippen LogP contribution < -0.4 is 4.74 Å². The van der Waals surface area contributed by atoms with Gasteiger partial charge in [0.25, 0.3) is 0 Å². The van der Waals surface area contributed by atoms with Crippen LogP contribution in [0.5, 0.6) is 5.75 Å². The number of ether oxygens (including phenoxy) is 1. The number of aryl methyl sites for hydroxylation is 1. The molecule has 0 saturated carbocycles. The molecule has 1 saturated heterocycles. The average Bonchev–Trinajstić information content (AvgIpc) is 2.86. The molecule has 2 atom stereocenters. The van der Waals surface area contributed by atoms with Crippen LogP contribution >= 0.6 is 11.8 Å². The molecule has 1 heterocycles. The summed E-state index contributed by atoms with van der Waals surface area (Å²) in [6.07, 6.45) is 1.22. The van der Waals surface area contributed by atoms with Gasteiger partial charge in [-0.2, -0.15) is 11.8 Å². The van der Waals surface area contributed by atoms with Crippen LogP contribution in [0.2, 0.25) is 0 Å². The molecule has 2 nitrogen and oxygen atoms in total. The third kappa shape index (κ3) is 3.65. The highest BCUT2D eigenvalue weighted by atomic mass is 32.2. The number of thioether (sulfide) groups is 1. The van der Waals surface area contributed by atoms with Crippen molar-refractivity contribution in [2.45, 2.75) is 13.3 Å². The van der Waals surface area contributed by atoms with Gasteiger partial charge in [-0.25, -0.2) is 0 Å². The van der Waals surface area contributed by atoms with E-state index in [4.69, 9.17) is 4.74 Å². The predicted octanol–water partition coefficient (Wildman–Crippen LogP) is 2.74. The Morgan fingerprint density at radius 3 is 2.76 bits per heavy atom. The molecule has 0 bridgehead atoms. The van der Waals surface area contributed by atoms with Gasteiger partial charge in [0.15, 0.2) is 0 Å². The van der Waals surface area contributed by atoms with Gasteiger partial charge in [-0.05, 0) is 42.9 Å². The summed E-state index contributed by atoms with van der Waals surface area (Å²) < 4.78 is 5.76. The standard InChI is InChI=1S/C14H20O2S/c1-11-2-4-14(5-3-11)16-9-13(8-15)12-6-7-17-10-12/h2-5,12-13,15H,6-10H2,1H3. The summed E-state index contributed by atoms with van der Waals surface area (Å²) in [4.78, 5) is 0. The van der Waals surface area contributed by atoms with E-state index in [1.165, 1.54) is 23.5 Å². The molecule has 0 aromatic heterocycles. The van der Waals surface area contributed by atoms with E-state index in [1.54, 1.807) is 0 Å². The minimum atomic E-state index is 0.233. The number of aliphatic hydroxyl groups is 1. The molecule has 1 aromatic carbocycles. The third-order valence-corrected chi connectivity index (χ3v) is 4.54. The van der Waals surface area contributed by atoms with E-state index in [-0.39, 0.29) is 12.5 Å². The maximum absolute atomic E-state index is 9.42. The lowest BCUT2D eigenvalue weighted by molar-refractivity contribution is 0.126. The predicted molar refractivity (Wildman–Crippen MR) is 72.7 cm³/mol. The first kappa shape index (κ1) is 12.8. The molecule has 0 aliphatic carbocycles. The minimum Gasteiger partial charge on any atom is -0.493 e. The molecule has 3 heteroatoms. The van der Waals surface area contributed by atoms with Gasteiger partial charge in [0, 0.05) is 12.5 Å². The van der Waals surface area contributed by atoms with Crippen LogP contribution in [0.1, 0.15) is 12.0 Å². The van der Waals surface area contributed by atoms with Gasteiger partial charge < -0.3 is 9.84 Å². The second kappa shape index (κ2) is 6.31. The van der Waals surface area contributed by atoms with Gasteiger partial charge in [-0.3, -0.25) is 0 Å². The summed E-state index contributed by atoms with van der Waals surface area (Å²) in [5, 5.41) is 9.42. The fourth-order valence-corrected chi connectivity index (χ4v) is 3.48. The van der Waals surface area contributed by atoms with Crippen molar-refractivity contribution in [2.75, 3.05) is 24.7 Å². The molecule has 17 heavy (non-hydrogen) atoms. The van der Waals surface area contributed by atoms with E-state index in [2.05, 4.69) is 19.1 Å². The number of benzene rings is 1. The van der Waals surface area contributed by atoms with Gasteiger partial charge in [0.2, 0.25) is 0 Å². The maximum atomic E-state index is 9.42. The highest BCUT2D eigenvalue weighted by molar-refractivity contribution is 7.99. The second-order valence-corrected chi connectivity index (χ2v) is 5.84. The van der Waals surface area contributed by atoms with Crippen molar-refractivity contribution < 1.29 is 9.84 Å². The lowest BCUT2D eigenvalue weighted by Gasteiger charge is -2.20. The number of rotatable bonds is 5. The van der Waals surface area contributed by atoms with Crippen LogP contribution in [0.3, 0.4) is 0 Å². The fourth-order valence-electron chi connectivity index (χ4n) is 2.10. The zero-order valence-corrected chi connectivity index (χ0v) is 11.1. The summed E-state index contributed by atoms with van der Waals surface area (Å²) in [5.41, 5.74) is 1.24. The van der Waals surface area contributed by atoms with Crippen molar-refractivity contribution in [1.82, 2.24) is 0 Å². The first-order valence-electron chi connectivity index (χ1n) is 6.17. The monoisotopic (exact) mass is 252 g/mol. The van der Waals surface area contributed by atoms with Gasteiger partial charge in [-0.1, -0.05) is 17.7 Å². The zero-order valence-electron chi connectivity index (χ0n) is 10.3. The lowest BCUT2D eigenvalue weighted by Crippen LogP contribution is -2.25. The summed E-state index contributed by atoms with van der Waals surface area (Å²) in [6, 6.07) is 8.09. The van der Waals surface area contributed by atoms with Crippen molar-refractivity contribution in [2.24, 2.45) is 11.8 Å². The smallest absolute Gasteiger partial charge is 0.119 e. The lowest BCUT2D eigenvalue weighted by atomic mass is 9.93. The molecule has 1 aliphatic heterocycles. The normalized spacial score (nSPS) is 21.4. The van der Waals surface area contributed by atoms with Crippen LogP contribution in [0.4, 0.5) is 0 Å². The fraction of sp³-hybridized carbons (Fsp3) is 0.571. The minimum absolute atomic E-state index is 0.233. The summed E-state index contributed by atoms with van der Waals surface area (Å²) in [5.74, 6) is 4.20. The van der Waals surface area contributed by atoms with Crippen LogP contribution in [-0.2, 0) is 0 Å². The zero-order chi connectivity index (χ0) is 12.1. The van der Waals surface area contributed by atoms with E-state index < -0.39 is 0 Å². The molecular formula is C14H20O2S. The van der Waals surface area contributed by atoms with Gasteiger partial charge >= 0.3 is 0 Å². The van der Waals surface area contributed by atoms with Gasteiger partial charge in [0.1, 0.15) is 5.75 Å². The van der Waals surface area contributed by atoms with E-state index in [1.807, 2.05) is 23.9 Å². The Morgan fingerprint density at radius 2 is 2.18 bits per heavy atom. The second-order valence-electron chi connectivity index (χ2n) is 4.69. The van der Waals surface area contributed by atoms with E-state index in [0.29, 0.717) is 12.5 Å². The van der Waals surface area contributed by atoms with Crippen LogP contribution in [0.25, 0.3) is 0 Å². The molecule has 0 radical (unpaired) electrons. The number of hydrogen-bond acceptors (Lipinski definition) is 3. The highest BCUT2D eigenvalue weighted by Crippen LogP contribution is 2.30. The Kier molecular flexibility index (Phi) is 4.75. The first-order chi connectivity index (χ1) is 8.29. The van der Waals surface area contributed by atoms with E-state index >= 15 is 0 Å². The van der Waals surface area contributed by atoms with E-state index in [9.17, 15) is 5.11 Å². The number of hydrogen-bond donors (Lipinski definition) is 1. The molecule has 0 amide bonds. The Hall–Kier alpha value is -0.670. The average molecular weight is 252 g/mol. The Balaban J connectivity index is 1.84. The molecule has 1 fully saturated rings. The Morgan fingerprint density at radius 1 is 1.41 bits per heavy atom. The quantitative estimate of drug-likeness (QED) is 0.873. The highest BCUT2D eigenvalue weighted by Gasteiger charge is 2.25. The van der Waals surface area contributed by atoms with Crippen molar-refractivity contribution >= 4 is 11.8 Å². The SMILES string of the molecule is Cc1ccc(OCC(CO)C2CCSC2)cc1. The third-order valence-electron chi connectivity index (χ3n) is 3.35.